The van der Waals surface area contributed by atoms with Crippen molar-refractivity contribution in [3.8, 4) is 16.9 Å². The Bertz CT molecular complexity index is 1400. The Hall–Kier alpha value is -4.26. The predicted octanol–water partition coefficient (Wildman–Crippen LogP) is 6.18. The van der Waals surface area contributed by atoms with E-state index in [1.807, 2.05) is 69.3 Å². The summed E-state index contributed by atoms with van der Waals surface area (Å²) in [5, 5.41) is 7.75. The number of amides is 2. The molecule has 0 unspecified atom stereocenters. The van der Waals surface area contributed by atoms with Gasteiger partial charge in [-0.2, -0.15) is 5.10 Å². The molecule has 37 heavy (non-hydrogen) atoms. The summed E-state index contributed by atoms with van der Waals surface area (Å²) in [6, 6.07) is 23.2. The lowest BCUT2D eigenvalue weighted by Crippen LogP contribution is -2.39. The van der Waals surface area contributed by atoms with Crippen LogP contribution in [-0.4, -0.2) is 39.6 Å². The van der Waals surface area contributed by atoms with Gasteiger partial charge in [-0.1, -0.05) is 67.4 Å². The summed E-state index contributed by atoms with van der Waals surface area (Å²) < 4.78 is 15.5. The number of benzene rings is 3. The van der Waals surface area contributed by atoms with E-state index >= 15 is 0 Å². The lowest BCUT2D eigenvalue weighted by molar-refractivity contribution is -0.117. The lowest BCUT2D eigenvalue weighted by atomic mass is 10.1. The van der Waals surface area contributed by atoms with Crippen LogP contribution in [0.1, 0.15) is 41.3 Å². The van der Waals surface area contributed by atoms with Gasteiger partial charge >= 0.3 is 0 Å². The fraction of sp³-hybridized carbons (Fsp3) is 0.233. The second-order valence-electron chi connectivity index (χ2n) is 9.12. The van der Waals surface area contributed by atoms with Crippen molar-refractivity contribution in [2.45, 2.75) is 33.6 Å². The van der Waals surface area contributed by atoms with Gasteiger partial charge in [0.25, 0.3) is 5.91 Å². The molecule has 0 aliphatic heterocycles. The Morgan fingerprint density at radius 2 is 1.76 bits per heavy atom. The number of rotatable bonds is 9. The molecule has 1 aromatic heterocycles. The monoisotopic (exact) mass is 498 g/mol. The molecule has 3 aromatic carbocycles. The first kappa shape index (κ1) is 25.8. The Morgan fingerprint density at radius 3 is 2.46 bits per heavy atom. The number of unbranched alkanes of at least 4 members (excludes halogenated alkanes) is 1. The van der Waals surface area contributed by atoms with Crippen LogP contribution in [0.4, 0.5) is 10.2 Å². The highest BCUT2D eigenvalue weighted by molar-refractivity contribution is 5.99. The van der Waals surface area contributed by atoms with E-state index in [9.17, 15) is 14.0 Å². The predicted molar refractivity (Wildman–Crippen MR) is 144 cm³/mol. The van der Waals surface area contributed by atoms with Crippen LogP contribution in [0.25, 0.3) is 16.9 Å². The van der Waals surface area contributed by atoms with Crippen molar-refractivity contribution in [1.29, 1.82) is 0 Å². The highest BCUT2D eigenvalue weighted by Crippen LogP contribution is 2.26. The number of anilines is 1. The molecule has 1 heterocycles. The number of hydrogen-bond donors (Lipinski definition) is 1. The van der Waals surface area contributed by atoms with Gasteiger partial charge in [-0.15, -0.1) is 0 Å². The van der Waals surface area contributed by atoms with Crippen LogP contribution in [0.2, 0.25) is 0 Å². The second-order valence-corrected chi connectivity index (χ2v) is 9.12. The van der Waals surface area contributed by atoms with E-state index < -0.39 is 5.82 Å². The first-order valence-electron chi connectivity index (χ1n) is 12.4. The summed E-state index contributed by atoms with van der Waals surface area (Å²) in [6.07, 6.45) is 1.58. The summed E-state index contributed by atoms with van der Waals surface area (Å²) in [6.45, 7) is 6.28. The van der Waals surface area contributed by atoms with Crippen molar-refractivity contribution in [2.75, 3.05) is 18.4 Å². The van der Waals surface area contributed by atoms with E-state index in [1.54, 1.807) is 10.7 Å². The molecule has 0 saturated carbocycles. The maximum Gasteiger partial charge on any atom is 0.254 e. The van der Waals surface area contributed by atoms with Crippen LogP contribution < -0.4 is 5.32 Å². The second kappa shape index (κ2) is 11.6. The molecule has 7 heteroatoms. The normalized spacial score (nSPS) is 10.8. The number of nitrogens with zero attached hydrogens (tertiary/aromatic N) is 3. The molecule has 0 saturated heterocycles. The van der Waals surface area contributed by atoms with Crippen LogP contribution >= 0.6 is 0 Å². The lowest BCUT2D eigenvalue weighted by Gasteiger charge is -2.22. The van der Waals surface area contributed by atoms with E-state index in [1.165, 1.54) is 23.1 Å². The molecule has 0 fully saturated rings. The Morgan fingerprint density at radius 1 is 0.973 bits per heavy atom. The number of halogens is 1. The van der Waals surface area contributed by atoms with Crippen LogP contribution in [0.3, 0.4) is 0 Å². The first-order chi connectivity index (χ1) is 17.9. The van der Waals surface area contributed by atoms with Crippen LogP contribution in [0.15, 0.2) is 78.9 Å². The van der Waals surface area contributed by atoms with Crippen molar-refractivity contribution >= 4 is 17.6 Å². The minimum atomic E-state index is -0.489. The molecule has 6 nitrogen and oxygen atoms in total. The van der Waals surface area contributed by atoms with E-state index in [0.717, 1.165) is 40.9 Å². The van der Waals surface area contributed by atoms with Gasteiger partial charge in [0.05, 0.1) is 11.4 Å². The maximum atomic E-state index is 13.7. The molecule has 190 valence electrons. The summed E-state index contributed by atoms with van der Waals surface area (Å²) in [4.78, 5) is 27.8. The quantitative estimate of drug-likeness (QED) is 0.300. The molecular weight excluding hydrogens is 467 g/mol. The number of nitrogens with one attached hydrogen (secondary N) is 1. The summed E-state index contributed by atoms with van der Waals surface area (Å²) in [7, 11) is 0. The van der Waals surface area contributed by atoms with Gasteiger partial charge in [-0.05, 0) is 50.1 Å². The van der Waals surface area contributed by atoms with Gasteiger partial charge in [0, 0.05) is 23.7 Å². The molecule has 4 aromatic rings. The SMILES string of the molecule is CCCCN(CC(=O)Nc1cc(-c2ccccc2)nn1-c1ccc(C)cc1C)C(=O)c1cccc(F)c1. The third-order valence-electron chi connectivity index (χ3n) is 6.10. The van der Waals surface area contributed by atoms with Gasteiger partial charge in [-0.25, -0.2) is 9.07 Å². The van der Waals surface area contributed by atoms with Gasteiger partial charge in [0.2, 0.25) is 5.91 Å². The Labute approximate surface area is 216 Å². The number of aromatic nitrogens is 2. The van der Waals surface area contributed by atoms with Crippen LogP contribution in [-0.2, 0) is 4.79 Å². The molecule has 0 atom stereocenters. The number of hydrogen-bond acceptors (Lipinski definition) is 3. The molecule has 2 amide bonds. The highest BCUT2D eigenvalue weighted by Gasteiger charge is 2.21. The van der Waals surface area contributed by atoms with E-state index in [2.05, 4.69) is 11.4 Å². The fourth-order valence-electron chi connectivity index (χ4n) is 4.21. The molecular formula is C30H31FN4O2. The van der Waals surface area contributed by atoms with Crippen molar-refractivity contribution in [2.24, 2.45) is 0 Å². The zero-order chi connectivity index (χ0) is 26.4. The highest BCUT2D eigenvalue weighted by atomic mass is 19.1. The number of aryl methyl sites for hydroxylation is 2. The van der Waals surface area contributed by atoms with Crippen molar-refractivity contribution in [3.05, 3.63) is 101 Å². The number of carbonyl (C=O) groups is 2. The zero-order valence-electron chi connectivity index (χ0n) is 21.4. The first-order valence-corrected chi connectivity index (χ1v) is 12.4. The van der Waals surface area contributed by atoms with Crippen LogP contribution in [0.5, 0.6) is 0 Å². The minimum Gasteiger partial charge on any atom is -0.329 e. The number of carbonyl (C=O) groups excluding carboxylic acids is 2. The molecule has 0 aliphatic rings. The van der Waals surface area contributed by atoms with Crippen molar-refractivity contribution in [3.63, 3.8) is 0 Å². The Balaban J connectivity index is 1.63. The van der Waals surface area contributed by atoms with E-state index in [-0.39, 0.29) is 23.9 Å². The van der Waals surface area contributed by atoms with Crippen molar-refractivity contribution < 1.29 is 14.0 Å². The zero-order valence-corrected chi connectivity index (χ0v) is 21.4. The maximum absolute atomic E-state index is 13.7. The standard InChI is InChI=1S/C30H31FN4O2/c1-4-5-16-34(30(37)24-12-9-13-25(31)18-24)20-29(36)32-28-19-26(23-10-7-6-8-11-23)33-35(28)27-15-14-21(2)17-22(27)3/h6-15,17-19H,4-5,16,20H2,1-3H3,(H,32,36). The third-order valence-corrected chi connectivity index (χ3v) is 6.10. The molecule has 4 rings (SSSR count). The van der Waals surface area contributed by atoms with Gasteiger partial charge in [-0.3, -0.25) is 9.59 Å². The smallest absolute Gasteiger partial charge is 0.254 e. The molecule has 0 aliphatic carbocycles. The topological polar surface area (TPSA) is 67.2 Å². The van der Waals surface area contributed by atoms with Gasteiger partial charge in [0.1, 0.15) is 18.2 Å². The summed E-state index contributed by atoms with van der Waals surface area (Å²) >= 11 is 0. The van der Waals surface area contributed by atoms with E-state index in [0.29, 0.717) is 12.4 Å². The molecule has 0 spiro atoms. The third kappa shape index (κ3) is 6.30. The summed E-state index contributed by atoms with van der Waals surface area (Å²) in [5.74, 6) is -0.719. The summed E-state index contributed by atoms with van der Waals surface area (Å²) in [5.41, 5.74) is 4.85. The van der Waals surface area contributed by atoms with Gasteiger partial charge < -0.3 is 10.2 Å². The largest absolute Gasteiger partial charge is 0.329 e. The average molecular weight is 499 g/mol. The van der Waals surface area contributed by atoms with Crippen molar-refractivity contribution in [1.82, 2.24) is 14.7 Å². The van der Waals surface area contributed by atoms with Crippen LogP contribution in [0, 0.1) is 19.7 Å². The van der Waals surface area contributed by atoms with Gasteiger partial charge in [0.15, 0.2) is 0 Å². The fourth-order valence-corrected chi connectivity index (χ4v) is 4.21. The molecule has 0 bridgehead atoms. The minimum absolute atomic E-state index is 0.159. The van der Waals surface area contributed by atoms with E-state index in [4.69, 9.17) is 5.10 Å². The molecule has 0 radical (unpaired) electrons. The average Bonchev–Trinajstić information content (AvgIpc) is 3.29. The molecule has 1 N–H and O–H groups in total. The Kier molecular flexibility index (Phi) is 8.13.